The molecule has 0 aliphatic heterocycles. The van der Waals surface area contributed by atoms with Crippen molar-refractivity contribution in [1.29, 1.82) is 0 Å². The van der Waals surface area contributed by atoms with E-state index in [0.717, 1.165) is 25.7 Å². The number of aliphatic hydroxyl groups excluding tert-OH is 1. The number of ether oxygens (including phenoxy) is 3. The van der Waals surface area contributed by atoms with Crippen LogP contribution in [-0.2, 0) is 28.6 Å². The van der Waals surface area contributed by atoms with Gasteiger partial charge in [-0.05, 0) is 26.2 Å². The van der Waals surface area contributed by atoms with E-state index in [9.17, 15) is 14.4 Å². The summed E-state index contributed by atoms with van der Waals surface area (Å²) in [6.45, 7) is 5.79. The van der Waals surface area contributed by atoms with Gasteiger partial charge in [0.25, 0.3) is 0 Å². The fourth-order valence-corrected chi connectivity index (χ4v) is 2.41. The molecule has 164 valence electrons. The standard InChI is InChI=1S/C19H36N2O7/c1-3-16(17(23)13-22)7-5-6-8-20-19(25)15-28-12-11-27-10-9-21-18(24)14-26-4-2/h16,22H,3-15H2,1-2H3,(H,20,25)(H,21,24)/t16-/m0/s1. The highest BCUT2D eigenvalue weighted by atomic mass is 16.5. The number of Topliss-reactive ketones (excluding diaryl/α,β-unsaturated/α-hetero) is 1. The van der Waals surface area contributed by atoms with Crippen LogP contribution in [0.25, 0.3) is 0 Å². The predicted octanol–water partition coefficient (Wildman–Crippen LogP) is 0.0464. The molecule has 9 nitrogen and oxygen atoms in total. The number of hydrogen-bond donors (Lipinski definition) is 3. The number of carbonyl (C=O) groups is 3. The Morgan fingerprint density at radius 1 is 0.857 bits per heavy atom. The Bertz CT molecular complexity index is 433. The molecule has 0 saturated heterocycles. The summed E-state index contributed by atoms with van der Waals surface area (Å²) in [6.07, 6.45) is 3.05. The Balaban J connectivity index is 3.44. The van der Waals surface area contributed by atoms with Crippen LogP contribution in [0.5, 0.6) is 0 Å². The summed E-state index contributed by atoms with van der Waals surface area (Å²) in [5.41, 5.74) is 0. The van der Waals surface area contributed by atoms with Crippen molar-refractivity contribution in [3.05, 3.63) is 0 Å². The van der Waals surface area contributed by atoms with E-state index in [1.54, 1.807) is 0 Å². The van der Waals surface area contributed by atoms with Crippen molar-refractivity contribution in [2.24, 2.45) is 5.92 Å². The molecule has 0 heterocycles. The molecule has 0 spiro atoms. The minimum atomic E-state index is -0.404. The maximum atomic E-state index is 11.6. The van der Waals surface area contributed by atoms with E-state index >= 15 is 0 Å². The van der Waals surface area contributed by atoms with Crippen molar-refractivity contribution in [2.45, 2.75) is 39.5 Å². The summed E-state index contributed by atoms with van der Waals surface area (Å²) in [5.74, 6) is -0.581. The number of rotatable bonds is 19. The Labute approximate surface area is 167 Å². The molecule has 0 aromatic rings. The Kier molecular flexibility index (Phi) is 17.8. The molecule has 0 bridgehead atoms. The summed E-state index contributed by atoms with van der Waals surface area (Å²) in [5, 5.41) is 14.3. The van der Waals surface area contributed by atoms with Crippen molar-refractivity contribution in [2.75, 3.05) is 59.3 Å². The highest BCUT2D eigenvalue weighted by Crippen LogP contribution is 2.13. The topological polar surface area (TPSA) is 123 Å². The van der Waals surface area contributed by atoms with Gasteiger partial charge in [-0.25, -0.2) is 0 Å². The van der Waals surface area contributed by atoms with Gasteiger partial charge >= 0.3 is 0 Å². The molecule has 0 aromatic heterocycles. The second-order valence-corrected chi connectivity index (χ2v) is 6.23. The van der Waals surface area contributed by atoms with Crippen LogP contribution in [0.3, 0.4) is 0 Å². The van der Waals surface area contributed by atoms with Gasteiger partial charge in [-0.3, -0.25) is 14.4 Å². The van der Waals surface area contributed by atoms with Crippen LogP contribution >= 0.6 is 0 Å². The maximum Gasteiger partial charge on any atom is 0.246 e. The van der Waals surface area contributed by atoms with Gasteiger partial charge in [-0.1, -0.05) is 13.3 Å². The van der Waals surface area contributed by atoms with Gasteiger partial charge in [0.2, 0.25) is 11.8 Å². The molecule has 3 N–H and O–H groups in total. The largest absolute Gasteiger partial charge is 0.389 e. The fourth-order valence-electron chi connectivity index (χ4n) is 2.41. The minimum Gasteiger partial charge on any atom is -0.389 e. The number of carbonyl (C=O) groups excluding carboxylic acids is 3. The summed E-state index contributed by atoms with van der Waals surface area (Å²) in [7, 11) is 0. The summed E-state index contributed by atoms with van der Waals surface area (Å²) in [4.78, 5) is 34.3. The van der Waals surface area contributed by atoms with Gasteiger partial charge in [0.1, 0.15) is 19.8 Å². The molecule has 0 rings (SSSR count). The lowest BCUT2D eigenvalue weighted by atomic mass is 9.95. The molecule has 0 aromatic carbocycles. The first-order valence-electron chi connectivity index (χ1n) is 9.95. The van der Waals surface area contributed by atoms with Gasteiger partial charge in [0.15, 0.2) is 5.78 Å². The third-order valence-corrected chi connectivity index (χ3v) is 4.02. The molecule has 0 radical (unpaired) electrons. The number of nitrogens with one attached hydrogen (secondary N) is 2. The zero-order valence-corrected chi connectivity index (χ0v) is 17.2. The molecular formula is C19H36N2O7. The number of ketones is 1. The van der Waals surface area contributed by atoms with Gasteiger partial charge in [0, 0.05) is 25.6 Å². The lowest BCUT2D eigenvalue weighted by molar-refractivity contribution is -0.127. The van der Waals surface area contributed by atoms with E-state index in [1.165, 1.54) is 0 Å². The number of hydrogen-bond acceptors (Lipinski definition) is 7. The molecule has 9 heteroatoms. The van der Waals surface area contributed by atoms with Crippen molar-refractivity contribution < 1.29 is 33.7 Å². The Morgan fingerprint density at radius 3 is 2.14 bits per heavy atom. The monoisotopic (exact) mass is 404 g/mol. The molecule has 1 atom stereocenters. The molecule has 0 aliphatic rings. The fraction of sp³-hybridized carbons (Fsp3) is 0.842. The first-order chi connectivity index (χ1) is 13.5. The maximum absolute atomic E-state index is 11.6. The lowest BCUT2D eigenvalue weighted by Gasteiger charge is -2.12. The van der Waals surface area contributed by atoms with E-state index < -0.39 is 6.61 Å². The average molecular weight is 405 g/mol. The number of unbranched alkanes of at least 4 members (excludes halogenated alkanes) is 1. The highest BCUT2D eigenvalue weighted by Gasteiger charge is 2.14. The van der Waals surface area contributed by atoms with Crippen LogP contribution in [0.2, 0.25) is 0 Å². The van der Waals surface area contributed by atoms with Crippen molar-refractivity contribution >= 4 is 17.6 Å². The molecule has 0 aliphatic carbocycles. The quantitative estimate of drug-likeness (QED) is 0.260. The Hall–Kier alpha value is -1.55. The van der Waals surface area contributed by atoms with Crippen LogP contribution in [0.15, 0.2) is 0 Å². The van der Waals surface area contributed by atoms with Gasteiger partial charge < -0.3 is 30.0 Å². The first kappa shape index (κ1) is 26.4. The zero-order chi connectivity index (χ0) is 21.0. The van der Waals surface area contributed by atoms with E-state index in [1.807, 2.05) is 13.8 Å². The van der Waals surface area contributed by atoms with Gasteiger partial charge in [0.05, 0.1) is 19.8 Å². The van der Waals surface area contributed by atoms with E-state index in [0.29, 0.717) is 39.5 Å². The molecule has 0 saturated carbocycles. The molecule has 2 amide bonds. The van der Waals surface area contributed by atoms with Crippen molar-refractivity contribution in [3.8, 4) is 0 Å². The van der Waals surface area contributed by atoms with Gasteiger partial charge in [-0.2, -0.15) is 0 Å². The summed E-state index contributed by atoms with van der Waals surface area (Å²) in [6, 6.07) is 0. The Morgan fingerprint density at radius 2 is 1.50 bits per heavy atom. The van der Waals surface area contributed by atoms with Crippen LogP contribution in [0.1, 0.15) is 39.5 Å². The van der Waals surface area contributed by atoms with Crippen LogP contribution < -0.4 is 10.6 Å². The SMILES string of the molecule is CCOCC(=O)NCCOCCOCC(=O)NCCCC[C@H](CC)C(=O)CO. The van der Waals surface area contributed by atoms with Crippen LogP contribution in [-0.4, -0.2) is 82.0 Å². The smallest absolute Gasteiger partial charge is 0.246 e. The molecule has 28 heavy (non-hydrogen) atoms. The third-order valence-electron chi connectivity index (χ3n) is 4.02. The van der Waals surface area contributed by atoms with E-state index in [4.69, 9.17) is 19.3 Å². The summed E-state index contributed by atoms with van der Waals surface area (Å²) < 4.78 is 15.5. The lowest BCUT2D eigenvalue weighted by Crippen LogP contribution is -2.31. The summed E-state index contributed by atoms with van der Waals surface area (Å²) >= 11 is 0. The van der Waals surface area contributed by atoms with Crippen LogP contribution in [0, 0.1) is 5.92 Å². The highest BCUT2D eigenvalue weighted by molar-refractivity contribution is 5.81. The van der Waals surface area contributed by atoms with Crippen molar-refractivity contribution in [3.63, 3.8) is 0 Å². The average Bonchev–Trinajstić information content (AvgIpc) is 2.70. The molecule has 0 fully saturated rings. The zero-order valence-electron chi connectivity index (χ0n) is 17.2. The number of aliphatic hydroxyl groups is 1. The predicted molar refractivity (Wildman–Crippen MR) is 104 cm³/mol. The molecular weight excluding hydrogens is 368 g/mol. The van der Waals surface area contributed by atoms with Gasteiger partial charge in [-0.15, -0.1) is 0 Å². The third kappa shape index (κ3) is 15.5. The van der Waals surface area contributed by atoms with E-state index in [2.05, 4.69) is 10.6 Å². The second kappa shape index (κ2) is 18.8. The number of amides is 2. The van der Waals surface area contributed by atoms with Crippen LogP contribution in [0.4, 0.5) is 0 Å². The first-order valence-corrected chi connectivity index (χ1v) is 9.95. The molecule has 0 unspecified atom stereocenters. The van der Waals surface area contributed by atoms with Crippen molar-refractivity contribution in [1.82, 2.24) is 10.6 Å². The minimum absolute atomic E-state index is 0.0327. The normalized spacial score (nSPS) is 11.8. The van der Waals surface area contributed by atoms with E-state index in [-0.39, 0.29) is 36.7 Å². The second-order valence-electron chi connectivity index (χ2n) is 6.23.